The molecule has 0 N–H and O–H groups in total. The van der Waals surface area contributed by atoms with Crippen molar-refractivity contribution in [2.75, 3.05) is 33.3 Å². The Hall–Kier alpha value is -4.13. The number of furan rings is 1. The Labute approximate surface area is 191 Å². The van der Waals surface area contributed by atoms with Gasteiger partial charge in [0, 0.05) is 37.1 Å². The summed E-state index contributed by atoms with van der Waals surface area (Å²) in [6.07, 6.45) is 1.49. The molecule has 33 heavy (non-hydrogen) atoms. The molecule has 4 aromatic rings. The Bertz CT molecular complexity index is 1290. The largest absolute Gasteiger partial charge is 0.497 e. The number of rotatable bonds is 4. The molecule has 0 unspecified atom stereocenters. The first kappa shape index (κ1) is 20.8. The van der Waals surface area contributed by atoms with Gasteiger partial charge in [0.2, 0.25) is 0 Å². The van der Waals surface area contributed by atoms with Gasteiger partial charge in [-0.2, -0.15) is 0 Å². The molecular weight excluding hydrogens is 418 g/mol. The quantitative estimate of drug-likeness (QED) is 0.477. The molecule has 0 atom stereocenters. The standard InChI is InChI=1S/C26H23N3O4/c1-32-19-10-8-18(9-11-19)23-17-21(20-5-2-3-6-22(20)27-23)25(30)28-12-14-29(15-13-28)26(31)24-7-4-16-33-24/h2-11,16-17H,12-15H2,1H3. The summed E-state index contributed by atoms with van der Waals surface area (Å²) in [5.74, 6) is 0.869. The minimum Gasteiger partial charge on any atom is -0.497 e. The first-order valence-electron chi connectivity index (χ1n) is 10.8. The van der Waals surface area contributed by atoms with E-state index in [1.807, 2.05) is 54.6 Å². The predicted molar refractivity (Wildman–Crippen MR) is 124 cm³/mol. The third kappa shape index (κ3) is 4.05. The molecular formula is C26H23N3O4. The second-order valence-electron chi connectivity index (χ2n) is 7.86. The molecule has 5 rings (SSSR count). The lowest BCUT2D eigenvalue weighted by Gasteiger charge is -2.34. The monoisotopic (exact) mass is 441 g/mol. The van der Waals surface area contributed by atoms with Crippen LogP contribution in [-0.2, 0) is 0 Å². The first-order valence-corrected chi connectivity index (χ1v) is 10.8. The number of amides is 2. The van der Waals surface area contributed by atoms with Crippen molar-refractivity contribution in [3.63, 3.8) is 0 Å². The molecule has 0 bridgehead atoms. The van der Waals surface area contributed by atoms with Crippen molar-refractivity contribution < 1.29 is 18.7 Å². The number of nitrogens with zero attached hydrogens (tertiary/aromatic N) is 3. The van der Waals surface area contributed by atoms with Gasteiger partial charge in [-0.3, -0.25) is 9.59 Å². The van der Waals surface area contributed by atoms with E-state index in [-0.39, 0.29) is 11.8 Å². The maximum Gasteiger partial charge on any atom is 0.289 e. The molecule has 7 nitrogen and oxygen atoms in total. The second kappa shape index (κ2) is 8.78. The molecule has 0 radical (unpaired) electrons. The van der Waals surface area contributed by atoms with Gasteiger partial charge in [-0.05, 0) is 48.5 Å². The van der Waals surface area contributed by atoms with Crippen LogP contribution in [0.2, 0.25) is 0 Å². The summed E-state index contributed by atoms with van der Waals surface area (Å²) in [4.78, 5) is 34.4. The van der Waals surface area contributed by atoms with Gasteiger partial charge < -0.3 is 19.0 Å². The molecule has 7 heteroatoms. The van der Waals surface area contributed by atoms with E-state index in [4.69, 9.17) is 14.1 Å². The van der Waals surface area contributed by atoms with E-state index in [0.29, 0.717) is 37.5 Å². The lowest BCUT2D eigenvalue weighted by atomic mass is 10.0. The number of piperazine rings is 1. The summed E-state index contributed by atoms with van der Waals surface area (Å²) in [6.45, 7) is 1.83. The van der Waals surface area contributed by atoms with E-state index in [0.717, 1.165) is 27.9 Å². The Morgan fingerprint density at radius 1 is 0.879 bits per heavy atom. The molecule has 166 valence electrons. The highest BCUT2D eigenvalue weighted by Crippen LogP contribution is 2.27. The normalized spacial score (nSPS) is 13.8. The zero-order valence-electron chi connectivity index (χ0n) is 18.2. The van der Waals surface area contributed by atoms with Gasteiger partial charge >= 0.3 is 0 Å². The molecule has 1 aliphatic rings. The summed E-state index contributed by atoms with van der Waals surface area (Å²) in [5.41, 5.74) is 3.01. The van der Waals surface area contributed by atoms with Crippen LogP contribution in [0.25, 0.3) is 22.2 Å². The van der Waals surface area contributed by atoms with Crippen molar-refractivity contribution in [3.8, 4) is 17.0 Å². The molecule has 2 aromatic heterocycles. The van der Waals surface area contributed by atoms with Gasteiger partial charge in [0.1, 0.15) is 5.75 Å². The zero-order valence-corrected chi connectivity index (χ0v) is 18.2. The van der Waals surface area contributed by atoms with Crippen LogP contribution in [0.1, 0.15) is 20.9 Å². The van der Waals surface area contributed by atoms with Crippen molar-refractivity contribution >= 4 is 22.7 Å². The third-order valence-corrected chi connectivity index (χ3v) is 5.92. The van der Waals surface area contributed by atoms with Crippen molar-refractivity contribution in [1.29, 1.82) is 0 Å². The molecule has 2 aromatic carbocycles. The Balaban J connectivity index is 1.41. The summed E-state index contributed by atoms with van der Waals surface area (Å²) >= 11 is 0. The van der Waals surface area contributed by atoms with Gasteiger partial charge in [-0.25, -0.2) is 4.98 Å². The number of carbonyl (C=O) groups excluding carboxylic acids is 2. The maximum atomic E-state index is 13.6. The smallest absolute Gasteiger partial charge is 0.289 e. The number of hydrogen-bond acceptors (Lipinski definition) is 5. The fourth-order valence-electron chi connectivity index (χ4n) is 4.10. The van der Waals surface area contributed by atoms with Crippen LogP contribution in [0, 0.1) is 0 Å². The van der Waals surface area contributed by atoms with Crippen molar-refractivity contribution in [2.45, 2.75) is 0 Å². The van der Waals surface area contributed by atoms with E-state index in [1.54, 1.807) is 29.0 Å². The summed E-state index contributed by atoms with van der Waals surface area (Å²) in [6, 6.07) is 20.5. The number of methoxy groups -OCH3 is 1. The fourth-order valence-corrected chi connectivity index (χ4v) is 4.10. The number of hydrogen-bond donors (Lipinski definition) is 0. The number of carbonyl (C=O) groups is 2. The van der Waals surface area contributed by atoms with Crippen molar-refractivity contribution in [3.05, 3.63) is 84.3 Å². The van der Waals surface area contributed by atoms with Gasteiger partial charge in [-0.15, -0.1) is 0 Å². The van der Waals surface area contributed by atoms with Crippen LogP contribution in [0.4, 0.5) is 0 Å². The number of para-hydroxylation sites is 1. The molecule has 1 saturated heterocycles. The third-order valence-electron chi connectivity index (χ3n) is 5.92. The average molecular weight is 441 g/mol. The number of pyridine rings is 1. The lowest BCUT2D eigenvalue weighted by molar-refractivity contribution is 0.0519. The van der Waals surface area contributed by atoms with E-state index >= 15 is 0 Å². The lowest BCUT2D eigenvalue weighted by Crippen LogP contribution is -2.50. The van der Waals surface area contributed by atoms with E-state index in [1.165, 1.54) is 6.26 Å². The highest BCUT2D eigenvalue weighted by Gasteiger charge is 2.27. The maximum absolute atomic E-state index is 13.6. The number of aromatic nitrogens is 1. The molecule has 1 fully saturated rings. The molecule has 1 aliphatic heterocycles. The summed E-state index contributed by atoms with van der Waals surface area (Å²) < 4.78 is 10.5. The van der Waals surface area contributed by atoms with Crippen LogP contribution in [0.15, 0.2) is 77.4 Å². The highest BCUT2D eigenvalue weighted by molar-refractivity contribution is 6.07. The van der Waals surface area contributed by atoms with Crippen molar-refractivity contribution in [2.24, 2.45) is 0 Å². The predicted octanol–water partition coefficient (Wildman–Crippen LogP) is 4.10. The summed E-state index contributed by atoms with van der Waals surface area (Å²) in [7, 11) is 1.63. The van der Waals surface area contributed by atoms with Crippen LogP contribution in [-0.4, -0.2) is 59.9 Å². The molecule has 0 saturated carbocycles. The van der Waals surface area contributed by atoms with E-state index < -0.39 is 0 Å². The number of benzene rings is 2. The fraction of sp³-hybridized carbons (Fsp3) is 0.192. The van der Waals surface area contributed by atoms with E-state index in [2.05, 4.69) is 0 Å². The molecule has 3 heterocycles. The SMILES string of the molecule is COc1ccc(-c2cc(C(=O)N3CCN(C(=O)c4ccco4)CC3)c3ccccc3n2)cc1. The van der Waals surface area contributed by atoms with Crippen LogP contribution in [0.5, 0.6) is 5.75 Å². The Morgan fingerprint density at radius 3 is 2.24 bits per heavy atom. The second-order valence-corrected chi connectivity index (χ2v) is 7.86. The minimum absolute atomic E-state index is 0.0616. The topological polar surface area (TPSA) is 75.9 Å². The minimum atomic E-state index is -0.150. The molecule has 0 spiro atoms. The van der Waals surface area contributed by atoms with E-state index in [9.17, 15) is 9.59 Å². The van der Waals surface area contributed by atoms with Crippen molar-refractivity contribution in [1.82, 2.24) is 14.8 Å². The molecule has 2 amide bonds. The van der Waals surface area contributed by atoms with Gasteiger partial charge in [-0.1, -0.05) is 18.2 Å². The van der Waals surface area contributed by atoms with Gasteiger partial charge in [0.05, 0.1) is 30.1 Å². The van der Waals surface area contributed by atoms with Gasteiger partial charge in [0.25, 0.3) is 11.8 Å². The zero-order chi connectivity index (χ0) is 22.8. The first-order chi connectivity index (χ1) is 16.1. The highest BCUT2D eigenvalue weighted by atomic mass is 16.5. The number of fused-ring (bicyclic) bond motifs is 1. The Kier molecular flexibility index (Phi) is 5.52. The van der Waals surface area contributed by atoms with Crippen LogP contribution < -0.4 is 4.74 Å². The summed E-state index contributed by atoms with van der Waals surface area (Å²) in [5, 5.41) is 0.814. The Morgan fingerprint density at radius 2 is 1.58 bits per heavy atom. The van der Waals surface area contributed by atoms with Crippen LogP contribution in [0.3, 0.4) is 0 Å². The van der Waals surface area contributed by atoms with Gasteiger partial charge in [0.15, 0.2) is 5.76 Å². The number of ether oxygens (including phenoxy) is 1. The van der Waals surface area contributed by atoms with Crippen LogP contribution >= 0.6 is 0 Å². The average Bonchev–Trinajstić information content (AvgIpc) is 3.42. The molecule has 0 aliphatic carbocycles.